The fourth-order valence-corrected chi connectivity index (χ4v) is 3.14. The van der Waals surface area contributed by atoms with Crippen LogP contribution in [0.5, 0.6) is 5.75 Å². The van der Waals surface area contributed by atoms with E-state index in [0.29, 0.717) is 13.2 Å². The fourth-order valence-electron chi connectivity index (χ4n) is 3.14. The molecule has 0 spiro atoms. The standard InChI is InChI=1S/C15H14N2O3/c16-15(18)17-14-10(8-20-17)7-19-12-6-5-9-3-1-2-4-11(9)13(12)14/h1-6,10,14H,7-8H2,(H2,16,18)/t10-,14+/m0/s1. The third-order valence-electron chi connectivity index (χ3n) is 4.02. The summed E-state index contributed by atoms with van der Waals surface area (Å²) in [5.74, 6) is 0.933. The van der Waals surface area contributed by atoms with Crippen molar-refractivity contribution in [2.45, 2.75) is 6.04 Å². The third kappa shape index (κ3) is 1.50. The maximum atomic E-state index is 11.6. The SMILES string of the molecule is NC(=O)N1OC[C@@H]2COc3ccc4ccccc4c3[C@@H]21. The van der Waals surface area contributed by atoms with Crippen molar-refractivity contribution in [2.24, 2.45) is 11.7 Å². The van der Waals surface area contributed by atoms with Crippen molar-refractivity contribution in [1.82, 2.24) is 5.06 Å². The highest BCUT2D eigenvalue weighted by atomic mass is 16.7. The number of nitrogens with two attached hydrogens (primary N) is 1. The fraction of sp³-hybridized carbons (Fsp3) is 0.267. The molecule has 2 aliphatic heterocycles. The molecular formula is C15H14N2O3. The molecule has 5 heteroatoms. The van der Waals surface area contributed by atoms with E-state index in [1.807, 2.05) is 36.4 Å². The first-order chi connectivity index (χ1) is 9.75. The Hall–Kier alpha value is -2.27. The number of carbonyl (C=O) groups is 1. The van der Waals surface area contributed by atoms with Crippen LogP contribution in [0.3, 0.4) is 0 Å². The molecule has 20 heavy (non-hydrogen) atoms. The summed E-state index contributed by atoms with van der Waals surface area (Å²) in [7, 11) is 0. The molecule has 1 saturated heterocycles. The molecule has 102 valence electrons. The second kappa shape index (κ2) is 4.11. The van der Waals surface area contributed by atoms with Crippen LogP contribution in [0.25, 0.3) is 10.8 Å². The average Bonchev–Trinajstić information content (AvgIpc) is 2.91. The molecule has 0 unspecified atom stereocenters. The van der Waals surface area contributed by atoms with E-state index in [1.54, 1.807) is 0 Å². The van der Waals surface area contributed by atoms with Gasteiger partial charge in [-0.05, 0) is 16.8 Å². The summed E-state index contributed by atoms with van der Waals surface area (Å²) in [5, 5.41) is 3.49. The van der Waals surface area contributed by atoms with Crippen LogP contribution < -0.4 is 10.5 Å². The molecule has 2 aromatic rings. The van der Waals surface area contributed by atoms with Crippen LogP contribution in [-0.2, 0) is 4.84 Å². The van der Waals surface area contributed by atoms with E-state index < -0.39 is 6.03 Å². The van der Waals surface area contributed by atoms with E-state index in [9.17, 15) is 4.79 Å². The van der Waals surface area contributed by atoms with Gasteiger partial charge in [-0.2, -0.15) is 5.06 Å². The molecule has 0 aliphatic carbocycles. The van der Waals surface area contributed by atoms with Gasteiger partial charge in [0.25, 0.3) is 0 Å². The Morgan fingerprint density at radius 1 is 1.20 bits per heavy atom. The number of hydroxylamine groups is 2. The van der Waals surface area contributed by atoms with Gasteiger partial charge in [-0.3, -0.25) is 4.84 Å². The minimum absolute atomic E-state index is 0.126. The lowest BCUT2D eigenvalue weighted by molar-refractivity contribution is -0.0847. The van der Waals surface area contributed by atoms with Crippen molar-refractivity contribution in [2.75, 3.05) is 13.2 Å². The summed E-state index contributed by atoms with van der Waals surface area (Å²) in [4.78, 5) is 17.0. The highest BCUT2D eigenvalue weighted by Crippen LogP contribution is 2.46. The van der Waals surface area contributed by atoms with E-state index in [-0.39, 0.29) is 12.0 Å². The number of hydrogen-bond acceptors (Lipinski definition) is 3. The molecule has 0 bridgehead atoms. The van der Waals surface area contributed by atoms with E-state index >= 15 is 0 Å². The summed E-state index contributed by atoms with van der Waals surface area (Å²) >= 11 is 0. The van der Waals surface area contributed by atoms with Crippen LogP contribution in [0.15, 0.2) is 36.4 Å². The van der Waals surface area contributed by atoms with E-state index in [2.05, 4.69) is 0 Å². The molecule has 0 saturated carbocycles. The van der Waals surface area contributed by atoms with Crippen LogP contribution in [-0.4, -0.2) is 24.3 Å². The molecule has 2 atom stereocenters. The first-order valence-corrected chi connectivity index (χ1v) is 6.62. The smallest absolute Gasteiger partial charge is 0.339 e. The van der Waals surface area contributed by atoms with Crippen LogP contribution >= 0.6 is 0 Å². The van der Waals surface area contributed by atoms with Gasteiger partial charge in [0.2, 0.25) is 0 Å². The lowest BCUT2D eigenvalue weighted by Crippen LogP contribution is -2.38. The van der Waals surface area contributed by atoms with Crippen LogP contribution in [0, 0.1) is 5.92 Å². The number of primary amides is 1. The average molecular weight is 270 g/mol. The Bertz CT molecular complexity index is 701. The maximum Gasteiger partial charge on any atom is 0.339 e. The molecule has 5 nitrogen and oxygen atoms in total. The van der Waals surface area contributed by atoms with Crippen molar-refractivity contribution in [3.05, 3.63) is 42.0 Å². The molecule has 2 N–H and O–H groups in total. The van der Waals surface area contributed by atoms with Gasteiger partial charge in [-0.25, -0.2) is 4.79 Å². The summed E-state index contributed by atoms with van der Waals surface area (Å²) in [6, 6.07) is 11.3. The largest absolute Gasteiger partial charge is 0.493 e. The Kier molecular flexibility index (Phi) is 2.37. The number of nitrogens with zero attached hydrogens (tertiary/aromatic N) is 1. The zero-order chi connectivity index (χ0) is 13.7. The predicted octanol–water partition coefficient (Wildman–Crippen LogP) is 2.22. The monoisotopic (exact) mass is 270 g/mol. The number of amides is 2. The van der Waals surface area contributed by atoms with Gasteiger partial charge in [-0.1, -0.05) is 30.3 Å². The minimum atomic E-state index is -0.557. The molecule has 1 fully saturated rings. The number of carbonyl (C=O) groups excluding carboxylic acids is 1. The summed E-state index contributed by atoms with van der Waals surface area (Å²) in [5.41, 5.74) is 6.42. The van der Waals surface area contributed by atoms with Crippen molar-refractivity contribution < 1.29 is 14.4 Å². The van der Waals surface area contributed by atoms with E-state index in [1.165, 1.54) is 5.06 Å². The molecule has 2 aromatic carbocycles. The van der Waals surface area contributed by atoms with Gasteiger partial charge >= 0.3 is 6.03 Å². The lowest BCUT2D eigenvalue weighted by atomic mass is 9.88. The second-order valence-corrected chi connectivity index (χ2v) is 5.17. The molecule has 2 heterocycles. The maximum absolute atomic E-state index is 11.6. The van der Waals surface area contributed by atoms with Crippen LogP contribution in [0.4, 0.5) is 4.79 Å². The lowest BCUT2D eigenvalue weighted by Gasteiger charge is -2.31. The molecule has 2 amide bonds. The third-order valence-corrected chi connectivity index (χ3v) is 4.02. The highest BCUT2D eigenvalue weighted by Gasteiger charge is 2.44. The normalized spacial score (nSPS) is 24.1. The van der Waals surface area contributed by atoms with Gasteiger partial charge in [0.05, 0.1) is 19.3 Å². The highest BCUT2D eigenvalue weighted by molar-refractivity contribution is 5.89. The zero-order valence-electron chi connectivity index (χ0n) is 10.8. The quantitative estimate of drug-likeness (QED) is 0.798. The van der Waals surface area contributed by atoms with E-state index in [4.69, 9.17) is 15.3 Å². The van der Waals surface area contributed by atoms with Gasteiger partial charge < -0.3 is 10.5 Å². The summed E-state index contributed by atoms with van der Waals surface area (Å²) in [6.07, 6.45) is 0. The van der Waals surface area contributed by atoms with Crippen molar-refractivity contribution in [1.29, 1.82) is 0 Å². The number of ether oxygens (including phenoxy) is 1. The van der Waals surface area contributed by atoms with Crippen molar-refractivity contribution in [3.63, 3.8) is 0 Å². The first kappa shape index (κ1) is 11.5. The number of rotatable bonds is 0. The molecule has 0 aromatic heterocycles. The molecule has 2 aliphatic rings. The Morgan fingerprint density at radius 3 is 2.90 bits per heavy atom. The van der Waals surface area contributed by atoms with E-state index in [0.717, 1.165) is 22.1 Å². The molecule has 0 radical (unpaired) electrons. The van der Waals surface area contributed by atoms with Gasteiger partial charge in [0, 0.05) is 11.5 Å². The van der Waals surface area contributed by atoms with Gasteiger partial charge in [0.15, 0.2) is 0 Å². The van der Waals surface area contributed by atoms with Gasteiger partial charge in [-0.15, -0.1) is 0 Å². The summed E-state index contributed by atoms with van der Waals surface area (Å²) in [6.45, 7) is 0.996. The Labute approximate surface area is 115 Å². The topological polar surface area (TPSA) is 64.8 Å². The number of fused-ring (bicyclic) bond motifs is 5. The van der Waals surface area contributed by atoms with Crippen molar-refractivity contribution >= 4 is 16.8 Å². The number of urea groups is 1. The number of benzene rings is 2. The molecular weight excluding hydrogens is 256 g/mol. The minimum Gasteiger partial charge on any atom is -0.493 e. The predicted molar refractivity (Wildman–Crippen MR) is 73.0 cm³/mol. The van der Waals surface area contributed by atoms with Crippen LogP contribution in [0.1, 0.15) is 11.6 Å². The second-order valence-electron chi connectivity index (χ2n) is 5.17. The number of hydrogen-bond donors (Lipinski definition) is 1. The van der Waals surface area contributed by atoms with Crippen LogP contribution in [0.2, 0.25) is 0 Å². The Morgan fingerprint density at radius 2 is 2.05 bits per heavy atom. The summed E-state index contributed by atoms with van der Waals surface area (Å²) < 4.78 is 5.81. The van der Waals surface area contributed by atoms with Gasteiger partial charge in [0.1, 0.15) is 5.75 Å². The Balaban J connectivity index is 1.97. The van der Waals surface area contributed by atoms with Crippen molar-refractivity contribution in [3.8, 4) is 5.75 Å². The first-order valence-electron chi connectivity index (χ1n) is 6.62. The molecule has 4 rings (SSSR count). The zero-order valence-corrected chi connectivity index (χ0v) is 10.8.